The van der Waals surface area contributed by atoms with E-state index in [1.165, 1.54) is 53.2 Å². The van der Waals surface area contributed by atoms with Crippen molar-refractivity contribution in [3.8, 4) is 22.3 Å². The normalized spacial score (nSPS) is 13.4. The van der Waals surface area contributed by atoms with E-state index in [1.807, 2.05) is 17.4 Å². The maximum absolute atomic E-state index is 7.22. The zero-order chi connectivity index (χ0) is 39.0. The molecule has 0 unspecified atom stereocenters. The van der Waals surface area contributed by atoms with Crippen LogP contribution in [0.15, 0.2) is 185 Å². The number of thiophene rings is 1. The van der Waals surface area contributed by atoms with E-state index in [9.17, 15) is 0 Å². The summed E-state index contributed by atoms with van der Waals surface area (Å²) >= 11 is 1.84. The first-order valence-electron chi connectivity index (χ1n) is 20.3. The van der Waals surface area contributed by atoms with Gasteiger partial charge in [-0.1, -0.05) is 141 Å². The Morgan fingerprint density at radius 3 is 2.07 bits per heavy atom. The minimum Gasteiger partial charge on any atom is -0.456 e. The molecule has 0 spiro atoms. The van der Waals surface area contributed by atoms with Gasteiger partial charge in [-0.2, -0.15) is 0 Å². The lowest BCUT2D eigenvalue weighted by Crippen LogP contribution is -2.16. The molecule has 3 heterocycles. The van der Waals surface area contributed by atoms with Gasteiger partial charge in [0, 0.05) is 63.9 Å². The van der Waals surface area contributed by atoms with Gasteiger partial charge in [0.05, 0.1) is 16.8 Å². The fourth-order valence-electron chi connectivity index (χ4n) is 10.2. The molecule has 0 radical (unpaired) electrons. The maximum Gasteiger partial charge on any atom is 0.144 e. The molecule has 0 N–H and O–H groups in total. The minimum absolute atomic E-state index is 0.157. The summed E-state index contributed by atoms with van der Waals surface area (Å²) in [7, 11) is 0. The molecule has 1 aliphatic carbocycles. The monoisotopic (exact) mass is 773 g/mol. The van der Waals surface area contributed by atoms with Crippen molar-refractivity contribution in [2.45, 2.75) is 19.3 Å². The molecule has 0 bridgehead atoms. The second-order valence-corrected chi connectivity index (χ2v) is 17.4. The molecular formula is C55H35NO2S. The van der Waals surface area contributed by atoms with Crippen LogP contribution in [-0.4, -0.2) is 0 Å². The zero-order valence-electron chi connectivity index (χ0n) is 32.4. The van der Waals surface area contributed by atoms with Crippen LogP contribution in [0.2, 0.25) is 0 Å². The maximum atomic E-state index is 7.22. The summed E-state index contributed by atoms with van der Waals surface area (Å²) in [5.41, 5.74) is 14.0. The lowest BCUT2D eigenvalue weighted by Gasteiger charge is -2.29. The van der Waals surface area contributed by atoms with Gasteiger partial charge in [0.1, 0.15) is 22.3 Å². The summed E-state index contributed by atoms with van der Waals surface area (Å²) < 4.78 is 16.5. The van der Waals surface area contributed by atoms with Gasteiger partial charge in [0.2, 0.25) is 0 Å². The highest BCUT2D eigenvalue weighted by Crippen LogP contribution is 2.54. The van der Waals surface area contributed by atoms with E-state index in [4.69, 9.17) is 8.83 Å². The Hall–Kier alpha value is -7.14. The molecule has 0 atom stereocenters. The highest BCUT2D eigenvalue weighted by molar-refractivity contribution is 7.26. The van der Waals surface area contributed by atoms with Crippen LogP contribution in [0.25, 0.3) is 97.1 Å². The molecule has 59 heavy (non-hydrogen) atoms. The van der Waals surface area contributed by atoms with Crippen LogP contribution in [-0.2, 0) is 5.41 Å². The highest BCUT2D eigenvalue weighted by Gasteiger charge is 2.36. The van der Waals surface area contributed by atoms with E-state index in [0.717, 1.165) is 72.1 Å². The number of para-hydroxylation sites is 1. The molecule has 0 fully saturated rings. The number of hydrogen-bond acceptors (Lipinski definition) is 4. The summed E-state index contributed by atoms with van der Waals surface area (Å²) in [6.07, 6.45) is 0. The summed E-state index contributed by atoms with van der Waals surface area (Å²) in [5, 5.41) is 9.12. The van der Waals surface area contributed by atoms with Crippen LogP contribution >= 0.6 is 11.3 Å². The fourth-order valence-corrected chi connectivity index (χ4v) is 11.4. The van der Waals surface area contributed by atoms with Crippen molar-refractivity contribution < 1.29 is 8.83 Å². The van der Waals surface area contributed by atoms with E-state index in [1.54, 1.807) is 0 Å². The first-order valence-corrected chi connectivity index (χ1v) is 21.1. The second-order valence-electron chi connectivity index (χ2n) is 16.4. The Morgan fingerprint density at radius 1 is 0.458 bits per heavy atom. The average molecular weight is 774 g/mol. The predicted molar refractivity (Wildman–Crippen MR) is 249 cm³/mol. The summed E-state index contributed by atoms with van der Waals surface area (Å²) in [4.78, 5) is 2.45. The van der Waals surface area contributed by atoms with Crippen LogP contribution in [0.1, 0.15) is 25.0 Å². The Labute approximate surface area is 344 Å². The van der Waals surface area contributed by atoms with E-state index in [-0.39, 0.29) is 5.41 Å². The van der Waals surface area contributed by atoms with Crippen molar-refractivity contribution in [1.82, 2.24) is 0 Å². The van der Waals surface area contributed by atoms with Crippen molar-refractivity contribution in [3.63, 3.8) is 0 Å². The molecule has 9 aromatic carbocycles. The molecule has 4 heteroatoms. The number of nitrogens with zero attached hydrogens (tertiary/aromatic N) is 1. The van der Waals surface area contributed by atoms with Crippen molar-refractivity contribution >= 4 is 103 Å². The standard InChI is InChI=1S/C55H35NO2S/c1-55(2)42-22-8-5-17-35(42)36-29-28-33(30-43(36)55)56(44-23-11-15-32-14-3-4-16-34(32)44)45-24-13-26-47-50(45)41-31-48-51(39-19-6-9-25-46(39)57-48)52(53(41)58-47)40-21-12-20-38-37-18-7-10-27-49(37)59-54(38)40/h3-31H,1-2H3. The Morgan fingerprint density at radius 2 is 1.14 bits per heavy atom. The lowest BCUT2D eigenvalue weighted by atomic mass is 9.82. The largest absolute Gasteiger partial charge is 0.456 e. The van der Waals surface area contributed by atoms with Crippen molar-refractivity contribution in [3.05, 3.63) is 187 Å². The first-order chi connectivity index (χ1) is 29.0. The molecule has 0 aliphatic heterocycles. The summed E-state index contributed by atoms with van der Waals surface area (Å²) in [6, 6.07) is 63.7. The SMILES string of the molecule is CC1(C)c2ccccc2-c2ccc(N(c3cccc4ccccc34)c3cccc4oc5c(-c6cccc7c6sc6ccccc67)c6c(cc5c34)oc3ccccc36)cc21. The van der Waals surface area contributed by atoms with E-state index >= 15 is 0 Å². The van der Waals surface area contributed by atoms with Gasteiger partial charge in [-0.05, 0) is 76.2 Å². The zero-order valence-corrected chi connectivity index (χ0v) is 33.2. The summed E-state index contributed by atoms with van der Waals surface area (Å²) in [6.45, 7) is 4.70. The molecule has 0 amide bonds. The fraction of sp³-hybridized carbons (Fsp3) is 0.0545. The highest BCUT2D eigenvalue weighted by atomic mass is 32.1. The molecular weight excluding hydrogens is 739 g/mol. The number of rotatable bonds is 4. The quantitative estimate of drug-likeness (QED) is 0.178. The number of fused-ring (bicyclic) bond motifs is 13. The van der Waals surface area contributed by atoms with Crippen molar-refractivity contribution in [2.24, 2.45) is 0 Å². The molecule has 3 nitrogen and oxygen atoms in total. The molecule has 278 valence electrons. The minimum atomic E-state index is -0.157. The molecule has 0 saturated carbocycles. The van der Waals surface area contributed by atoms with Gasteiger partial charge >= 0.3 is 0 Å². The van der Waals surface area contributed by atoms with Crippen LogP contribution in [0.4, 0.5) is 17.1 Å². The molecule has 13 rings (SSSR count). The number of furan rings is 2. The van der Waals surface area contributed by atoms with Gasteiger partial charge < -0.3 is 13.7 Å². The molecule has 1 aliphatic rings. The molecule has 3 aromatic heterocycles. The van der Waals surface area contributed by atoms with E-state index < -0.39 is 0 Å². The number of hydrogen-bond donors (Lipinski definition) is 0. The van der Waals surface area contributed by atoms with Crippen molar-refractivity contribution in [1.29, 1.82) is 0 Å². The van der Waals surface area contributed by atoms with Crippen LogP contribution in [0.5, 0.6) is 0 Å². The first kappa shape index (κ1) is 32.9. The molecule has 12 aromatic rings. The van der Waals surface area contributed by atoms with Gasteiger partial charge in [0.25, 0.3) is 0 Å². The third kappa shape index (κ3) is 4.52. The van der Waals surface area contributed by atoms with E-state index in [2.05, 4.69) is 189 Å². The predicted octanol–water partition coefficient (Wildman–Crippen LogP) is 16.4. The Kier molecular flexibility index (Phi) is 6.66. The Balaban J connectivity index is 1.15. The topological polar surface area (TPSA) is 29.5 Å². The van der Waals surface area contributed by atoms with Gasteiger partial charge in [-0.15, -0.1) is 11.3 Å². The van der Waals surface area contributed by atoms with Gasteiger partial charge in [-0.3, -0.25) is 0 Å². The Bertz CT molecular complexity index is 3720. The third-order valence-electron chi connectivity index (χ3n) is 12.9. The average Bonchev–Trinajstić information content (AvgIpc) is 4.02. The summed E-state index contributed by atoms with van der Waals surface area (Å²) in [5.74, 6) is 0. The van der Waals surface area contributed by atoms with Gasteiger partial charge in [0.15, 0.2) is 0 Å². The van der Waals surface area contributed by atoms with Crippen LogP contribution in [0.3, 0.4) is 0 Å². The smallest absolute Gasteiger partial charge is 0.144 e. The molecule has 0 saturated heterocycles. The van der Waals surface area contributed by atoms with Crippen LogP contribution in [0, 0.1) is 0 Å². The van der Waals surface area contributed by atoms with Crippen molar-refractivity contribution in [2.75, 3.05) is 4.90 Å². The number of anilines is 3. The lowest BCUT2D eigenvalue weighted by molar-refractivity contribution is 0.660. The third-order valence-corrected chi connectivity index (χ3v) is 14.1. The van der Waals surface area contributed by atoms with Gasteiger partial charge in [-0.25, -0.2) is 0 Å². The van der Waals surface area contributed by atoms with Crippen LogP contribution < -0.4 is 4.90 Å². The van der Waals surface area contributed by atoms with E-state index in [0.29, 0.717) is 0 Å². The number of benzene rings is 9. The second kappa shape index (κ2) is 12.0.